The van der Waals surface area contributed by atoms with Crippen molar-refractivity contribution in [2.45, 2.75) is 70.5 Å². The predicted octanol–water partition coefficient (Wildman–Crippen LogP) is 2.53. The van der Waals surface area contributed by atoms with Crippen LogP contribution in [0.2, 0.25) is 0 Å². The van der Waals surface area contributed by atoms with Gasteiger partial charge in [0, 0.05) is 12.1 Å². The van der Waals surface area contributed by atoms with E-state index in [4.69, 9.17) is 0 Å². The monoisotopic (exact) mass is 237 g/mol. The molecule has 3 atom stereocenters. The first-order valence-electron chi connectivity index (χ1n) is 6.88. The van der Waals surface area contributed by atoms with E-state index < -0.39 is 5.54 Å². The molecule has 1 heterocycles. The largest absolute Gasteiger partial charge is 0.303 e. The minimum Gasteiger partial charge on any atom is -0.303 e. The molecule has 0 aromatic heterocycles. The number of hydrogen-bond acceptors (Lipinski definition) is 3. The molecule has 0 aliphatic carbocycles. The average Bonchev–Trinajstić information content (AvgIpc) is 2.53. The Kier molecular flexibility index (Phi) is 5.42. The maximum atomic E-state index is 9.22. The molecular formula is C14H27N3. The second-order valence-electron chi connectivity index (χ2n) is 5.68. The summed E-state index contributed by atoms with van der Waals surface area (Å²) in [4.78, 5) is 2.58. The van der Waals surface area contributed by atoms with Gasteiger partial charge in [-0.3, -0.25) is 4.90 Å². The zero-order valence-electron chi connectivity index (χ0n) is 11.8. The summed E-state index contributed by atoms with van der Waals surface area (Å²) in [5, 5.41) is 12.4. The average molecular weight is 237 g/mol. The second kappa shape index (κ2) is 6.37. The minimum atomic E-state index is -0.397. The van der Waals surface area contributed by atoms with Crippen LogP contribution in [0.3, 0.4) is 0 Å². The highest BCUT2D eigenvalue weighted by atomic mass is 15.2. The zero-order chi connectivity index (χ0) is 12.9. The lowest BCUT2D eigenvalue weighted by Crippen LogP contribution is -2.48. The summed E-state index contributed by atoms with van der Waals surface area (Å²) in [5.41, 5.74) is -0.397. The van der Waals surface area contributed by atoms with Crippen LogP contribution < -0.4 is 5.32 Å². The molecule has 0 spiro atoms. The molecule has 1 N–H and O–H groups in total. The summed E-state index contributed by atoms with van der Waals surface area (Å²) >= 11 is 0. The van der Waals surface area contributed by atoms with Gasteiger partial charge in [-0.2, -0.15) is 5.26 Å². The van der Waals surface area contributed by atoms with E-state index >= 15 is 0 Å². The van der Waals surface area contributed by atoms with E-state index in [9.17, 15) is 5.26 Å². The van der Waals surface area contributed by atoms with Gasteiger partial charge in [0.2, 0.25) is 0 Å². The van der Waals surface area contributed by atoms with Gasteiger partial charge in [0.25, 0.3) is 0 Å². The van der Waals surface area contributed by atoms with Gasteiger partial charge in [-0.1, -0.05) is 12.8 Å². The molecule has 17 heavy (non-hydrogen) atoms. The van der Waals surface area contributed by atoms with Crippen LogP contribution in [0.25, 0.3) is 0 Å². The summed E-state index contributed by atoms with van der Waals surface area (Å²) < 4.78 is 0. The molecule has 0 aromatic rings. The van der Waals surface area contributed by atoms with E-state index in [0.717, 1.165) is 6.42 Å². The molecule has 1 aliphatic rings. The molecule has 3 unspecified atom stereocenters. The molecule has 0 amide bonds. The van der Waals surface area contributed by atoms with Crippen molar-refractivity contribution in [3.63, 3.8) is 0 Å². The number of likely N-dealkylation sites (tertiary alicyclic amines) is 1. The van der Waals surface area contributed by atoms with Crippen LogP contribution in [0.5, 0.6) is 0 Å². The summed E-state index contributed by atoms with van der Waals surface area (Å²) in [6.45, 7) is 7.76. The molecule has 0 saturated carbocycles. The number of nitrogens with zero attached hydrogens (tertiary/aromatic N) is 2. The van der Waals surface area contributed by atoms with E-state index in [2.05, 4.69) is 30.1 Å². The van der Waals surface area contributed by atoms with Crippen LogP contribution in [-0.2, 0) is 0 Å². The lowest BCUT2D eigenvalue weighted by molar-refractivity contribution is 0.135. The number of nitrogens with one attached hydrogen (secondary N) is 1. The maximum absolute atomic E-state index is 9.22. The van der Waals surface area contributed by atoms with Crippen LogP contribution in [0.4, 0.5) is 0 Å². The first-order valence-corrected chi connectivity index (χ1v) is 6.88. The van der Waals surface area contributed by atoms with E-state index in [1.165, 1.54) is 32.2 Å². The van der Waals surface area contributed by atoms with Gasteiger partial charge >= 0.3 is 0 Å². The first-order chi connectivity index (χ1) is 8.02. The van der Waals surface area contributed by atoms with Crippen molar-refractivity contribution in [2.24, 2.45) is 0 Å². The minimum absolute atomic E-state index is 0.397. The maximum Gasteiger partial charge on any atom is 0.105 e. The van der Waals surface area contributed by atoms with Crippen LogP contribution in [0, 0.1) is 11.3 Å². The third-order valence-electron chi connectivity index (χ3n) is 4.17. The summed E-state index contributed by atoms with van der Waals surface area (Å²) in [5.74, 6) is 0. The molecule has 3 nitrogen and oxygen atoms in total. The number of rotatable bonds is 4. The fourth-order valence-electron chi connectivity index (χ4n) is 2.86. The molecule has 0 bridgehead atoms. The van der Waals surface area contributed by atoms with Crippen molar-refractivity contribution in [2.75, 3.05) is 13.6 Å². The van der Waals surface area contributed by atoms with Gasteiger partial charge < -0.3 is 5.32 Å². The Balaban J connectivity index is 2.62. The van der Waals surface area contributed by atoms with E-state index in [0.29, 0.717) is 12.1 Å². The van der Waals surface area contributed by atoms with Gasteiger partial charge in [0.05, 0.1) is 6.07 Å². The molecule has 1 rings (SSSR count). The normalized spacial score (nSPS) is 27.8. The Bertz CT molecular complexity index is 271. The Morgan fingerprint density at radius 1 is 1.47 bits per heavy atom. The van der Waals surface area contributed by atoms with Crippen molar-refractivity contribution in [3.8, 4) is 6.07 Å². The van der Waals surface area contributed by atoms with Crippen molar-refractivity contribution < 1.29 is 0 Å². The van der Waals surface area contributed by atoms with Crippen LogP contribution >= 0.6 is 0 Å². The third kappa shape index (κ3) is 3.97. The van der Waals surface area contributed by atoms with Gasteiger partial charge in [0.15, 0.2) is 0 Å². The smallest absolute Gasteiger partial charge is 0.105 e. The lowest BCUT2D eigenvalue weighted by atomic mass is 9.94. The molecule has 1 fully saturated rings. The summed E-state index contributed by atoms with van der Waals surface area (Å²) in [7, 11) is 1.88. The predicted molar refractivity (Wildman–Crippen MR) is 71.8 cm³/mol. The van der Waals surface area contributed by atoms with Crippen molar-refractivity contribution in [1.82, 2.24) is 10.2 Å². The number of nitriles is 1. The van der Waals surface area contributed by atoms with Crippen LogP contribution in [0.15, 0.2) is 0 Å². The van der Waals surface area contributed by atoms with E-state index in [1.807, 2.05) is 14.0 Å². The molecule has 3 heteroatoms. The molecule has 1 aliphatic heterocycles. The lowest BCUT2D eigenvalue weighted by Gasteiger charge is -2.36. The van der Waals surface area contributed by atoms with Gasteiger partial charge in [-0.05, 0) is 53.6 Å². The van der Waals surface area contributed by atoms with E-state index in [1.54, 1.807) is 0 Å². The van der Waals surface area contributed by atoms with Crippen LogP contribution in [-0.4, -0.2) is 36.1 Å². The zero-order valence-corrected chi connectivity index (χ0v) is 11.8. The van der Waals surface area contributed by atoms with Gasteiger partial charge in [0.1, 0.15) is 5.54 Å². The standard InChI is InChI=1S/C14H27N3/c1-12-8-6-5-7-9-17(12)13(2)10-14(3,11-15)16-4/h12-13,16H,5-10H2,1-4H3. The highest BCUT2D eigenvalue weighted by Crippen LogP contribution is 2.23. The van der Waals surface area contributed by atoms with Gasteiger partial charge in [-0.25, -0.2) is 0 Å². The Morgan fingerprint density at radius 2 is 2.18 bits per heavy atom. The quantitative estimate of drug-likeness (QED) is 0.816. The molecular weight excluding hydrogens is 210 g/mol. The highest BCUT2D eigenvalue weighted by molar-refractivity contribution is 5.04. The third-order valence-corrected chi connectivity index (χ3v) is 4.17. The molecule has 1 saturated heterocycles. The molecule has 0 aromatic carbocycles. The van der Waals surface area contributed by atoms with Crippen molar-refractivity contribution in [1.29, 1.82) is 5.26 Å². The van der Waals surface area contributed by atoms with Crippen molar-refractivity contribution in [3.05, 3.63) is 0 Å². The SMILES string of the molecule is CNC(C)(C#N)CC(C)N1CCCCCC1C. The second-order valence-corrected chi connectivity index (χ2v) is 5.68. The molecule has 0 radical (unpaired) electrons. The van der Waals surface area contributed by atoms with Crippen molar-refractivity contribution >= 4 is 0 Å². The summed E-state index contributed by atoms with van der Waals surface area (Å²) in [6, 6.07) is 3.52. The highest BCUT2D eigenvalue weighted by Gasteiger charge is 2.29. The molecule has 98 valence electrons. The first kappa shape index (κ1) is 14.5. The topological polar surface area (TPSA) is 39.1 Å². The Labute approximate surface area is 106 Å². The Hall–Kier alpha value is -0.590. The van der Waals surface area contributed by atoms with Gasteiger partial charge in [-0.15, -0.1) is 0 Å². The summed E-state index contributed by atoms with van der Waals surface area (Å²) in [6.07, 6.45) is 6.20. The number of hydrogen-bond donors (Lipinski definition) is 1. The fraction of sp³-hybridized carbons (Fsp3) is 0.929. The van der Waals surface area contributed by atoms with Crippen LogP contribution in [0.1, 0.15) is 52.9 Å². The Morgan fingerprint density at radius 3 is 2.76 bits per heavy atom. The fourth-order valence-corrected chi connectivity index (χ4v) is 2.86. The van der Waals surface area contributed by atoms with E-state index in [-0.39, 0.29) is 0 Å².